The van der Waals surface area contributed by atoms with Gasteiger partial charge in [0.15, 0.2) is 0 Å². The van der Waals surface area contributed by atoms with Crippen molar-refractivity contribution in [3.05, 3.63) is 23.9 Å². The Morgan fingerprint density at radius 3 is 2.68 bits per heavy atom. The predicted molar refractivity (Wildman–Crippen MR) is 81.6 cm³/mol. The van der Waals surface area contributed by atoms with Gasteiger partial charge in [-0.3, -0.25) is 0 Å². The molecule has 1 saturated heterocycles. The largest absolute Gasteiger partial charge is 0.370 e. The summed E-state index contributed by atoms with van der Waals surface area (Å²) in [6.07, 6.45) is 3.30. The van der Waals surface area contributed by atoms with Crippen molar-refractivity contribution in [3.8, 4) is 0 Å². The molecule has 0 aliphatic carbocycles. The summed E-state index contributed by atoms with van der Waals surface area (Å²) < 4.78 is 0. The lowest BCUT2D eigenvalue weighted by atomic mass is 9.88. The van der Waals surface area contributed by atoms with E-state index in [0.29, 0.717) is 0 Å². The van der Waals surface area contributed by atoms with Crippen LogP contribution in [0.3, 0.4) is 0 Å². The zero-order chi connectivity index (χ0) is 13.9. The van der Waals surface area contributed by atoms with Crippen molar-refractivity contribution in [1.29, 1.82) is 0 Å². The molecule has 0 aromatic carbocycles. The van der Waals surface area contributed by atoms with E-state index in [1.165, 1.54) is 31.6 Å². The summed E-state index contributed by atoms with van der Waals surface area (Å²) in [5.74, 6) is 1.77. The van der Waals surface area contributed by atoms with Gasteiger partial charge in [0.1, 0.15) is 5.82 Å². The van der Waals surface area contributed by atoms with Crippen molar-refractivity contribution in [2.24, 2.45) is 5.92 Å². The predicted octanol–water partition coefficient (Wildman–Crippen LogP) is 3.13. The summed E-state index contributed by atoms with van der Waals surface area (Å²) >= 11 is 0. The molecule has 3 heteroatoms. The first kappa shape index (κ1) is 14.3. The lowest BCUT2D eigenvalue weighted by Crippen LogP contribution is -2.22. The van der Waals surface area contributed by atoms with Gasteiger partial charge in [0.25, 0.3) is 0 Å². The van der Waals surface area contributed by atoms with Crippen LogP contribution in [0.4, 0.5) is 5.82 Å². The molecular formula is C16H27N3. The van der Waals surface area contributed by atoms with Gasteiger partial charge in [0.2, 0.25) is 0 Å². The van der Waals surface area contributed by atoms with E-state index >= 15 is 0 Å². The van der Waals surface area contributed by atoms with Crippen molar-refractivity contribution in [1.82, 2.24) is 9.88 Å². The number of nitrogens with zero attached hydrogens (tertiary/aromatic N) is 2. The zero-order valence-corrected chi connectivity index (χ0v) is 12.7. The number of pyridine rings is 1. The Balaban J connectivity index is 1.84. The van der Waals surface area contributed by atoms with E-state index < -0.39 is 0 Å². The molecule has 1 fully saturated rings. The Hall–Kier alpha value is -1.09. The highest BCUT2D eigenvalue weighted by Crippen LogP contribution is 2.22. The second kappa shape index (κ2) is 5.91. The van der Waals surface area contributed by atoms with Crippen molar-refractivity contribution < 1.29 is 0 Å². The number of nitrogens with one attached hydrogen (secondary N) is 1. The molecule has 0 spiro atoms. The number of likely N-dealkylation sites (tertiary alicyclic amines) is 1. The van der Waals surface area contributed by atoms with E-state index in [-0.39, 0.29) is 5.41 Å². The fourth-order valence-electron chi connectivity index (χ4n) is 2.56. The van der Waals surface area contributed by atoms with Crippen molar-refractivity contribution in [2.75, 3.05) is 31.5 Å². The topological polar surface area (TPSA) is 28.2 Å². The highest BCUT2D eigenvalue weighted by Gasteiger charge is 2.20. The number of rotatable bonds is 4. The van der Waals surface area contributed by atoms with Crippen LogP contribution >= 0.6 is 0 Å². The normalized spacial score (nSPS) is 20.7. The summed E-state index contributed by atoms with van der Waals surface area (Å²) in [4.78, 5) is 7.04. The summed E-state index contributed by atoms with van der Waals surface area (Å²) in [6, 6.07) is 4.29. The van der Waals surface area contributed by atoms with Crippen LogP contribution in [0.15, 0.2) is 18.3 Å². The van der Waals surface area contributed by atoms with Crippen molar-refractivity contribution >= 4 is 5.82 Å². The van der Waals surface area contributed by atoms with E-state index in [2.05, 4.69) is 55.0 Å². The van der Waals surface area contributed by atoms with Crippen LogP contribution in [0.25, 0.3) is 0 Å². The molecule has 19 heavy (non-hydrogen) atoms. The number of hydrogen-bond acceptors (Lipinski definition) is 3. The fourth-order valence-corrected chi connectivity index (χ4v) is 2.56. The van der Waals surface area contributed by atoms with E-state index in [9.17, 15) is 0 Å². The molecule has 1 aliphatic rings. The molecule has 1 N–H and O–H groups in total. The average Bonchev–Trinajstić information content (AvgIpc) is 2.84. The molecule has 2 rings (SSSR count). The third kappa shape index (κ3) is 3.93. The van der Waals surface area contributed by atoms with E-state index in [1.54, 1.807) is 0 Å². The quantitative estimate of drug-likeness (QED) is 0.902. The summed E-state index contributed by atoms with van der Waals surface area (Å²) in [6.45, 7) is 13.6. The third-order valence-electron chi connectivity index (χ3n) is 4.02. The van der Waals surface area contributed by atoms with Crippen LogP contribution in [0.5, 0.6) is 0 Å². The maximum atomic E-state index is 4.52. The molecular weight excluding hydrogens is 234 g/mol. The van der Waals surface area contributed by atoms with Crippen LogP contribution in [0.2, 0.25) is 0 Å². The highest BCUT2D eigenvalue weighted by atomic mass is 15.1. The Labute approximate surface area is 117 Å². The standard InChI is InChI=1S/C16H27N3/c1-5-19-9-8-13(12-19)10-17-15-7-6-14(11-18-15)16(2,3)4/h6-7,11,13H,5,8-10,12H2,1-4H3,(H,17,18). The monoisotopic (exact) mass is 261 g/mol. The van der Waals surface area contributed by atoms with Crippen LogP contribution in [0, 0.1) is 5.92 Å². The first-order chi connectivity index (χ1) is 8.99. The zero-order valence-electron chi connectivity index (χ0n) is 12.7. The van der Waals surface area contributed by atoms with Gasteiger partial charge in [-0.2, -0.15) is 0 Å². The average molecular weight is 261 g/mol. The second-order valence-electron chi connectivity index (χ2n) is 6.61. The molecule has 0 saturated carbocycles. The molecule has 0 amide bonds. The molecule has 1 atom stereocenters. The molecule has 0 radical (unpaired) electrons. The highest BCUT2D eigenvalue weighted by molar-refractivity contribution is 5.37. The minimum Gasteiger partial charge on any atom is -0.370 e. The first-order valence-electron chi connectivity index (χ1n) is 7.42. The summed E-state index contributed by atoms with van der Waals surface area (Å²) in [5.41, 5.74) is 1.47. The van der Waals surface area contributed by atoms with E-state index in [4.69, 9.17) is 0 Å². The van der Waals surface area contributed by atoms with Crippen molar-refractivity contribution in [3.63, 3.8) is 0 Å². The third-order valence-corrected chi connectivity index (χ3v) is 4.02. The molecule has 1 aromatic rings. The lowest BCUT2D eigenvalue weighted by molar-refractivity contribution is 0.345. The Kier molecular flexibility index (Phi) is 4.46. The molecule has 3 nitrogen and oxygen atoms in total. The second-order valence-corrected chi connectivity index (χ2v) is 6.61. The molecule has 0 bridgehead atoms. The van der Waals surface area contributed by atoms with Gasteiger partial charge in [-0.15, -0.1) is 0 Å². The molecule has 106 valence electrons. The van der Waals surface area contributed by atoms with Gasteiger partial charge in [0.05, 0.1) is 0 Å². The summed E-state index contributed by atoms with van der Waals surface area (Å²) in [5, 5.41) is 3.47. The van der Waals surface area contributed by atoms with Gasteiger partial charge in [-0.1, -0.05) is 33.8 Å². The number of anilines is 1. The van der Waals surface area contributed by atoms with Gasteiger partial charge < -0.3 is 10.2 Å². The van der Waals surface area contributed by atoms with Crippen LogP contribution in [0.1, 0.15) is 39.7 Å². The Morgan fingerprint density at radius 1 is 1.37 bits per heavy atom. The molecule has 1 aliphatic heterocycles. The number of hydrogen-bond donors (Lipinski definition) is 1. The maximum Gasteiger partial charge on any atom is 0.125 e. The summed E-state index contributed by atoms with van der Waals surface area (Å²) in [7, 11) is 0. The van der Waals surface area contributed by atoms with Gasteiger partial charge in [0, 0.05) is 19.3 Å². The first-order valence-corrected chi connectivity index (χ1v) is 7.42. The molecule has 2 heterocycles. The smallest absolute Gasteiger partial charge is 0.125 e. The van der Waals surface area contributed by atoms with E-state index in [0.717, 1.165) is 18.3 Å². The molecule has 1 unspecified atom stereocenters. The number of aromatic nitrogens is 1. The maximum absolute atomic E-state index is 4.52. The Bertz CT molecular complexity index is 391. The van der Waals surface area contributed by atoms with Crippen LogP contribution in [-0.4, -0.2) is 36.1 Å². The lowest BCUT2D eigenvalue weighted by Gasteiger charge is -2.19. The van der Waals surface area contributed by atoms with Crippen molar-refractivity contribution in [2.45, 2.75) is 39.5 Å². The van der Waals surface area contributed by atoms with E-state index in [1.807, 2.05) is 6.20 Å². The minimum absolute atomic E-state index is 0.179. The van der Waals surface area contributed by atoms with Gasteiger partial charge in [-0.05, 0) is 42.5 Å². The van der Waals surface area contributed by atoms with Gasteiger partial charge in [-0.25, -0.2) is 4.98 Å². The molecule has 1 aromatic heterocycles. The van der Waals surface area contributed by atoms with Crippen LogP contribution in [-0.2, 0) is 5.41 Å². The Morgan fingerprint density at radius 2 is 2.16 bits per heavy atom. The fraction of sp³-hybridized carbons (Fsp3) is 0.688. The SMILES string of the molecule is CCN1CCC(CNc2ccc(C(C)(C)C)cn2)C1. The minimum atomic E-state index is 0.179. The van der Waals surface area contributed by atoms with Crippen LogP contribution < -0.4 is 5.32 Å². The van der Waals surface area contributed by atoms with Gasteiger partial charge >= 0.3 is 0 Å².